The van der Waals surface area contributed by atoms with Crippen molar-refractivity contribution in [1.29, 1.82) is 0 Å². The third-order valence-corrected chi connectivity index (χ3v) is 2.47. The van der Waals surface area contributed by atoms with Crippen LogP contribution in [0.15, 0.2) is 18.3 Å². The molecule has 0 saturated carbocycles. The zero-order chi connectivity index (χ0) is 12.0. The molecule has 4 nitrogen and oxygen atoms in total. The molecule has 0 fully saturated rings. The summed E-state index contributed by atoms with van der Waals surface area (Å²) >= 11 is 0. The Morgan fingerprint density at radius 3 is 2.75 bits per heavy atom. The van der Waals surface area contributed by atoms with Gasteiger partial charge in [0.1, 0.15) is 5.82 Å². The number of nitrogens with zero attached hydrogens (tertiary/aromatic N) is 1. The van der Waals surface area contributed by atoms with Crippen molar-refractivity contribution in [2.24, 2.45) is 5.92 Å². The predicted octanol–water partition coefficient (Wildman–Crippen LogP) is 1.94. The Bertz CT molecular complexity index is 315. The van der Waals surface area contributed by atoms with Gasteiger partial charge < -0.3 is 15.7 Å². The van der Waals surface area contributed by atoms with Gasteiger partial charge in [0, 0.05) is 24.5 Å². The van der Waals surface area contributed by atoms with Crippen molar-refractivity contribution in [3.05, 3.63) is 18.3 Å². The first-order chi connectivity index (χ1) is 7.67. The van der Waals surface area contributed by atoms with Crippen molar-refractivity contribution < 1.29 is 5.11 Å². The number of pyridine rings is 1. The van der Waals surface area contributed by atoms with Crippen LogP contribution in [0.2, 0.25) is 0 Å². The summed E-state index contributed by atoms with van der Waals surface area (Å²) in [5.74, 6) is 1.24. The van der Waals surface area contributed by atoms with Gasteiger partial charge in [-0.1, -0.05) is 13.8 Å². The average Bonchev–Trinajstić information content (AvgIpc) is 2.26. The van der Waals surface area contributed by atoms with Crippen molar-refractivity contribution >= 4 is 11.5 Å². The zero-order valence-corrected chi connectivity index (χ0v) is 10.2. The van der Waals surface area contributed by atoms with Crippen LogP contribution >= 0.6 is 0 Å². The second-order valence-corrected chi connectivity index (χ2v) is 4.14. The van der Waals surface area contributed by atoms with Crippen molar-refractivity contribution in [3.63, 3.8) is 0 Å². The normalized spacial score (nSPS) is 12.6. The molecule has 0 amide bonds. The topological polar surface area (TPSA) is 57.2 Å². The van der Waals surface area contributed by atoms with Crippen LogP contribution in [0.4, 0.5) is 11.5 Å². The molecule has 1 atom stereocenters. The Kier molecular flexibility index (Phi) is 5.05. The molecule has 0 bridgehead atoms. The monoisotopic (exact) mass is 223 g/mol. The lowest BCUT2D eigenvalue weighted by molar-refractivity contribution is 0.249. The number of nitrogens with one attached hydrogen (secondary N) is 2. The van der Waals surface area contributed by atoms with Gasteiger partial charge >= 0.3 is 0 Å². The van der Waals surface area contributed by atoms with Gasteiger partial charge in [-0.05, 0) is 18.9 Å². The largest absolute Gasteiger partial charge is 0.394 e. The molecule has 0 spiro atoms. The molecular formula is C12H21N3O. The van der Waals surface area contributed by atoms with Gasteiger partial charge in [-0.2, -0.15) is 0 Å². The van der Waals surface area contributed by atoms with Crippen molar-refractivity contribution in [2.45, 2.75) is 26.8 Å². The number of hydrogen-bond acceptors (Lipinski definition) is 4. The minimum absolute atomic E-state index is 0.0804. The highest BCUT2D eigenvalue weighted by molar-refractivity contribution is 5.52. The lowest BCUT2D eigenvalue weighted by Crippen LogP contribution is -2.29. The zero-order valence-electron chi connectivity index (χ0n) is 10.2. The molecule has 90 valence electrons. The standard InChI is InChI=1S/C12H21N3O/c1-4-13-12-7-10(5-6-14-12)15-11(8-16)9(2)3/h5-7,9,11,16H,4,8H2,1-3H3,(H2,13,14,15)/t11-/m1/s1. The minimum atomic E-state index is 0.0804. The van der Waals surface area contributed by atoms with Crippen LogP contribution in [-0.4, -0.2) is 29.3 Å². The summed E-state index contributed by atoms with van der Waals surface area (Å²) in [4.78, 5) is 4.19. The fourth-order valence-electron chi connectivity index (χ4n) is 1.44. The third-order valence-electron chi connectivity index (χ3n) is 2.47. The Balaban J connectivity index is 2.68. The highest BCUT2D eigenvalue weighted by Gasteiger charge is 2.11. The maximum absolute atomic E-state index is 9.24. The molecular weight excluding hydrogens is 202 g/mol. The van der Waals surface area contributed by atoms with Crippen LogP contribution in [0.5, 0.6) is 0 Å². The molecule has 1 aromatic heterocycles. The number of aliphatic hydroxyl groups excluding tert-OH is 1. The van der Waals surface area contributed by atoms with Crippen LogP contribution in [0.1, 0.15) is 20.8 Å². The SMILES string of the molecule is CCNc1cc(N[C@H](CO)C(C)C)ccn1. The number of hydrogen-bond donors (Lipinski definition) is 3. The van der Waals surface area contributed by atoms with E-state index < -0.39 is 0 Å². The first-order valence-electron chi connectivity index (χ1n) is 5.74. The van der Waals surface area contributed by atoms with E-state index >= 15 is 0 Å². The smallest absolute Gasteiger partial charge is 0.127 e. The predicted molar refractivity (Wildman–Crippen MR) is 67.7 cm³/mol. The Morgan fingerprint density at radius 2 is 2.19 bits per heavy atom. The van der Waals surface area contributed by atoms with Gasteiger partial charge in [0.2, 0.25) is 0 Å². The van der Waals surface area contributed by atoms with E-state index in [1.165, 1.54) is 0 Å². The van der Waals surface area contributed by atoms with E-state index in [0.717, 1.165) is 18.1 Å². The molecule has 0 unspecified atom stereocenters. The summed E-state index contributed by atoms with van der Waals surface area (Å²) in [6.07, 6.45) is 1.76. The van der Waals surface area contributed by atoms with E-state index in [-0.39, 0.29) is 12.6 Å². The van der Waals surface area contributed by atoms with E-state index in [1.54, 1.807) is 6.20 Å². The van der Waals surface area contributed by atoms with Gasteiger partial charge in [-0.3, -0.25) is 0 Å². The second kappa shape index (κ2) is 6.33. The molecule has 16 heavy (non-hydrogen) atoms. The summed E-state index contributed by atoms with van der Waals surface area (Å²) in [6.45, 7) is 7.19. The fourth-order valence-corrected chi connectivity index (χ4v) is 1.44. The summed E-state index contributed by atoms with van der Waals surface area (Å²) in [5.41, 5.74) is 0.985. The molecule has 0 aromatic carbocycles. The molecule has 1 aromatic rings. The molecule has 0 saturated heterocycles. The van der Waals surface area contributed by atoms with E-state index in [2.05, 4.69) is 29.5 Å². The van der Waals surface area contributed by atoms with Crippen LogP contribution in [0.3, 0.4) is 0 Å². The molecule has 0 aliphatic rings. The number of aliphatic hydroxyl groups is 1. The molecule has 3 N–H and O–H groups in total. The van der Waals surface area contributed by atoms with Crippen LogP contribution in [0, 0.1) is 5.92 Å². The van der Waals surface area contributed by atoms with E-state index in [9.17, 15) is 5.11 Å². The van der Waals surface area contributed by atoms with E-state index in [1.807, 2.05) is 19.1 Å². The fraction of sp³-hybridized carbons (Fsp3) is 0.583. The van der Waals surface area contributed by atoms with Crippen LogP contribution < -0.4 is 10.6 Å². The van der Waals surface area contributed by atoms with Crippen molar-refractivity contribution in [3.8, 4) is 0 Å². The Morgan fingerprint density at radius 1 is 1.44 bits per heavy atom. The van der Waals surface area contributed by atoms with Crippen molar-refractivity contribution in [2.75, 3.05) is 23.8 Å². The van der Waals surface area contributed by atoms with Crippen molar-refractivity contribution in [1.82, 2.24) is 4.98 Å². The van der Waals surface area contributed by atoms with E-state index in [4.69, 9.17) is 0 Å². The molecule has 4 heteroatoms. The number of aromatic nitrogens is 1. The number of rotatable bonds is 6. The van der Waals surface area contributed by atoms with E-state index in [0.29, 0.717) is 5.92 Å². The molecule has 0 aliphatic heterocycles. The molecule has 0 aliphatic carbocycles. The summed E-state index contributed by atoms with van der Waals surface area (Å²) in [5, 5.41) is 15.7. The highest BCUT2D eigenvalue weighted by atomic mass is 16.3. The Hall–Kier alpha value is -1.29. The van der Waals surface area contributed by atoms with Crippen LogP contribution in [-0.2, 0) is 0 Å². The lowest BCUT2D eigenvalue weighted by atomic mass is 10.1. The van der Waals surface area contributed by atoms with Gasteiger partial charge in [0.25, 0.3) is 0 Å². The second-order valence-electron chi connectivity index (χ2n) is 4.14. The summed E-state index contributed by atoms with van der Waals surface area (Å²) in [6, 6.07) is 3.94. The highest BCUT2D eigenvalue weighted by Crippen LogP contribution is 2.15. The van der Waals surface area contributed by atoms with Gasteiger partial charge in [-0.15, -0.1) is 0 Å². The maximum Gasteiger partial charge on any atom is 0.127 e. The van der Waals surface area contributed by atoms with Crippen LogP contribution in [0.25, 0.3) is 0 Å². The van der Waals surface area contributed by atoms with Gasteiger partial charge in [0.15, 0.2) is 0 Å². The quantitative estimate of drug-likeness (QED) is 0.690. The lowest BCUT2D eigenvalue weighted by Gasteiger charge is -2.21. The molecule has 0 radical (unpaired) electrons. The average molecular weight is 223 g/mol. The Labute approximate surface area is 97.1 Å². The van der Waals surface area contributed by atoms with Gasteiger partial charge in [-0.25, -0.2) is 4.98 Å². The summed E-state index contributed by atoms with van der Waals surface area (Å²) < 4.78 is 0. The molecule has 1 rings (SSSR count). The first kappa shape index (κ1) is 12.8. The van der Waals surface area contributed by atoms with Gasteiger partial charge in [0.05, 0.1) is 12.6 Å². The maximum atomic E-state index is 9.24. The third kappa shape index (κ3) is 3.70. The number of anilines is 2. The molecule has 1 heterocycles. The summed E-state index contributed by atoms with van der Waals surface area (Å²) in [7, 11) is 0. The first-order valence-corrected chi connectivity index (χ1v) is 5.74. The minimum Gasteiger partial charge on any atom is -0.394 e.